The van der Waals surface area contributed by atoms with Crippen molar-refractivity contribution < 1.29 is 9.47 Å². The lowest BCUT2D eigenvalue weighted by molar-refractivity contribution is 0.0392. The van der Waals surface area contributed by atoms with Crippen LogP contribution >= 0.6 is 0 Å². The standard InChI is InChI=1S/C24H41N5O2/c1-4-29-12-6-8-22(29)19-27-24(25-2)26-18-20-7-5-9-23(17-20)31-16-13-28(3)21-10-14-30-15-11-21/h5,7,9,17,21-22H,4,6,8,10-16,18-19H2,1-3H3,(H2,25,26,27). The molecule has 0 radical (unpaired) electrons. The van der Waals surface area contributed by atoms with Crippen LogP contribution in [-0.2, 0) is 11.3 Å². The first kappa shape index (κ1) is 23.8. The second kappa shape index (κ2) is 12.9. The summed E-state index contributed by atoms with van der Waals surface area (Å²) in [5.41, 5.74) is 1.19. The number of rotatable bonds is 10. The van der Waals surface area contributed by atoms with Gasteiger partial charge in [-0.25, -0.2) is 0 Å². The molecule has 2 saturated heterocycles. The maximum atomic E-state index is 6.03. The lowest BCUT2D eigenvalue weighted by Crippen LogP contribution is -2.44. The van der Waals surface area contributed by atoms with Crippen molar-refractivity contribution in [3.63, 3.8) is 0 Å². The summed E-state index contributed by atoms with van der Waals surface area (Å²) in [6.07, 6.45) is 4.79. The predicted octanol–water partition coefficient (Wildman–Crippen LogP) is 2.33. The smallest absolute Gasteiger partial charge is 0.191 e. The summed E-state index contributed by atoms with van der Waals surface area (Å²) < 4.78 is 11.5. The van der Waals surface area contributed by atoms with E-state index in [-0.39, 0.29) is 0 Å². The van der Waals surface area contributed by atoms with Crippen LogP contribution in [0.15, 0.2) is 29.3 Å². The number of nitrogens with zero attached hydrogens (tertiary/aromatic N) is 3. The number of aliphatic imine (C=N–C) groups is 1. The molecule has 0 aliphatic carbocycles. The predicted molar refractivity (Wildman–Crippen MR) is 127 cm³/mol. The van der Waals surface area contributed by atoms with Crippen LogP contribution in [0.1, 0.15) is 38.2 Å². The highest BCUT2D eigenvalue weighted by molar-refractivity contribution is 5.79. The highest BCUT2D eigenvalue weighted by atomic mass is 16.5. The molecule has 2 fully saturated rings. The van der Waals surface area contributed by atoms with E-state index >= 15 is 0 Å². The summed E-state index contributed by atoms with van der Waals surface area (Å²) in [7, 11) is 4.01. The Bertz CT molecular complexity index is 678. The molecule has 3 rings (SSSR count). The topological polar surface area (TPSA) is 61.4 Å². The summed E-state index contributed by atoms with van der Waals surface area (Å²) in [4.78, 5) is 9.32. The summed E-state index contributed by atoms with van der Waals surface area (Å²) >= 11 is 0. The van der Waals surface area contributed by atoms with Crippen molar-refractivity contribution in [2.75, 3.05) is 60.1 Å². The summed E-state index contributed by atoms with van der Waals surface area (Å²) in [6.45, 7) is 9.62. The average Bonchev–Trinajstić information content (AvgIpc) is 3.27. The van der Waals surface area contributed by atoms with E-state index in [1.54, 1.807) is 0 Å². The fourth-order valence-electron chi connectivity index (χ4n) is 4.52. The monoisotopic (exact) mass is 431 g/mol. The number of guanidine groups is 1. The second-order valence-corrected chi connectivity index (χ2v) is 8.55. The SMILES string of the molecule is CCN1CCCC1CNC(=NC)NCc1cccc(OCCN(C)C2CCOCC2)c1. The molecular weight excluding hydrogens is 390 g/mol. The molecular formula is C24H41N5O2. The molecule has 1 unspecified atom stereocenters. The quantitative estimate of drug-likeness (QED) is 0.438. The molecule has 0 bridgehead atoms. The molecule has 0 aromatic heterocycles. The van der Waals surface area contributed by atoms with Crippen LogP contribution in [0.25, 0.3) is 0 Å². The van der Waals surface area contributed by atoms with Crippen LogP contribution < -0.4 is 15.4 Å². The van der Waals surface area contributed by atoms with Gasteiger partial charge in [0.05, 0.1) is 0 Å². The van der Waals surface area contributed by atoms with Gasteiger partial charge in [-0.05, 0) is 63.5 Å². The molecule has 2 N–H and O–H groups in total. The van der Waals surface area contributed by atoms with Crippen molar-refractivity contribution in [1.29, 1.82) is 0 Å². The molecule has 2 heterocycles. The number of ether oxygens (including phenoxy) is 2. The molecule has 1 aromatic carbocycles. The zero-order valence-electron chi connectivity index (χ0n) is 19.6. The molecule has 174 valence electrons. The summed E-state index contributed by atoms with van der Waals surface area (Å²) in [5.74, 6) is 1.78. The van der Waals surface area contributed by atoms with Crippen molar-refractivity contribution in [3.05, 3.63) is 29.8 Å². The molecule has 31 heavy (non-hydrogen) atoms. The number of likely N-dealkylation sites (N-methyl/N-ethyl adjacent to an activating group) is 2. The molecule has 2 aliphatic heterocycles. The number of hydrogen-bond acceptors (Lipinski definition) is 5. The van der Waals surface area contributed by atoms with Crippen LogP contribution in [0.2, 0.25) is 0 Å². The Labute approximate surface area is 188 Å². The van der Waals surface area contributed by atoms with Gasteiger partial charge in [0, 0.05) is 52.0 Å². The van der Waals surface area contributed by atoms with Crippen LogP contribution in [-0.4, -0.2) is 87.9 Å². The Morgan fingerprint density at radius 3 is 2.87 bits per heavy atom. The Kier molecular flexibility index (Phi) is 9.90. The van der Waals surface area contributed by atoms with Crippen LogP contribution in [0.3, 0.4) is 0 Å². The van der Waals surface area contributed by atoms with Gasteiger partial charge in [0.25, 0.3) is 0 Å². The zero-order chi connectivity index (χ0) is 21.9. The number of hydrogen-bond donors (Lipinski definition) is 2. The average molecular weight is 432 g/mol. The van der Waals surface area contributed by atoms with E-state index in [0.29, 0.717) is 18.7 Å². The van der Waals surface area contributed by atoms with E-state index in [1.807, 2.05) is 13.1 Å². The van der Waals surface area contributed by atoms with Crippen LogP contribution in [0, 0.1) is 0 Å². The van der Waals surface area contributed by atoms with Gasteiger partial charge < -0.3 is 20.1 Å². The lowest BCUT2D eigenvalue weighted by Gasteiger charge is -2.31. The summed E-state index contributed by atoms with van der Waals surface area (Å²) in [5, 5.41) is 6.92. The van der Waals surface area contributed by atoms with Gasteiger partial charge in [0.2, 0.25) is 0 Å². The molecule has 7 heteroatoms. The van der Waals surface area contributed by atoms with E-state index in [1.165, 1.54) is 24.9 Å². The Hall–Kier alpha value is -1.83. The van der Waals surface area contributed by atoms with Crippen LogP contribution in [0.5, 0.6) is 5.75 Å². The molecule has 0 spiro atoms. The third-order valence-corrected chi connectivity index (χ3v) is 6.52. The van der Waals surface area contributed by atoms with Crippen molar-refractivity contribution in [2.45, 2.75) is 51.2 Å². The fraction of sp³-hybridized carbons (Fsp3) is 0.708. The van der Waals surface area contributed by atoms with Crippen molar-refractivity contribution in [1.82, 2.24) is 20.4 Å². The van der Waals surface area contributed by atoms with Crippen molar-refractivity contribution >= 4 is 5.96 Å². The Balaban J connectivity index is 1.38. The van der Waals surface area contributed by atoms with Gasteiger partial charge in [-0.1, -0.05) is 19.1 Å². The van der Waals surface area contributed by atoms with Crippen molar-refractivity contribution in [2.24, 2.45) is 4.99 Å². The minimum absolute atomic E-state index is 0.611. The van der Waals surface area contributed by atoms with Gasteiger partial charge in [0.15, 0.2) is 5.96 Å². The van der Waals surface area contributed by atoms with Crippen LogP contribution in [0.4, 0.5) is 0 Å². The van der Waals surface area contributed by atoms with Crippen molar-refractivity contribution in [3.8, 4) is 5.75 Å². The molecule has 0 amide bonds. The molecule has 1 aromatic rings. The fourth-order valence-corrected chi connectivity index (χ4v) is 4.52. The van der Waals surface area contributed by atoms with Gasteiger partial charge in [0.1, 0.15) is 12.4 Å². The first-order chi connectivity index (χ1) is 15.2. The highest BCUT2D eigenvalue weighted by Crippen LogP contribution is 2.16. The number of benzene rings is 1. The normalized spacial score (nSPS) is 20.9. The van der Waals surface area contributed by atoms with Gasteiger partial charge in [-0.3, -0.25) is 14.8 Å². The first-order valence-electron chi connectivity index (χ1n) is 11.9. The van der Waals surface area contributed by atoms with E-state index in [0.717, 1.165) is 63.9 Å². The maximum absolute atomic E-state index is 6.03. The highest BCUT2D eigenvalue weighted by Gasteiger charge is 2.22. The minimum atomic E-state index is 0.611. The molecule has 1 atom stereocenters. The van der Waals surface area contributed by atoms with E-state index in [4.69, 9.17) is 9.47 Å². The van der Waals surface area contributed by atoms with E-state index in [9.17, 15) is 0 Å². The Morgan fingerprint density at radius 2 is 2.10 bits per heavy atom. The largest absolute Gasteiger partial charge is 0.492 e. The zero-order valence-corrected chi connectivity index (χ0v) is 19.6. The van der Waals surface area contributed by atoms with Gasteiger partial charge in [-0.2, -0.15) is 0 Å². The second-order valence-electron chi connectivity index (χ2n) is 8.55. The number of likely N-dealkylation sites (tertiary alicyclic amines) is 1. The van der Waals surface area contributed by atoms with E-state index < -0.39 is 0 Å². The maximum Gasteiger partial charge on any atom is 0.191 e. The van der Waals surface area contributed by atoms with E-state index in [2.05, 4.69) is 57.6 Å². The third kappa shape index (κ3) is 7.66. The molecule has 2 aliphatic rings. The first-order valence-corrected chi connectivity index (χ1v) is 11.9. The van der Waals surface area contributed by atoms with Gasteiger partial charge in [-0.15, -0.1) is 0 Å². The molecule has 0 saturated carbocycles. The number of nitrogens with one attached hydrogen (secondary N) is 2. The summed E-state index contributed by atoms with van der Waals surface area (Å²) in [6, 6.07) is 9.55. The van der Waals surface area contributed by atoms with Gasteiger partial charge >= 0.3 is 0 Å². The molecule has 7 nitrogen and oxygen atoms in total. The third-order valence-electron chi connectivity index (χ3n) is 6.52. The lowest BCUT2D eigenvalue weighted by atomic mass is 10.1. The minimum Gasteiger partial charge on any atom is -0.492 e. The Morgan fingerprint density at radius 1 is 1.26 bits per heavy atom.